The Kier molecular flexibility index (Phi) is 7.53. The van der Waals surface area contributed by atoms with E-state index >= 15 is 0 Å². The zero-order chi connectivity index (χ0) is 14.2. The van der Waals surface area contributed by atoms with Gasteiger partial charge in [-0.1, -0.05) is 6.42 Å². The molecule has 18 heavy (non-hydrogen) atoms. The fourth-order valence-corrected chi connectivity index (χ4v) is 2.29. The van der Waals surface area contributed by atoms with E-state index in [0.29, 0.717) is 19.3 Å². The van der Waals surface area contributed by atoms with Crippen LogP contribution in [0.1, 0.15) is 32.1 Å². The summed E-state index contributed by atoms with van der Waals surface area (Å²) >= 11 is 0. The number of carbonyl (C=O) groups is 2. The minimum absolute atomic E-state index is 0.0485. The molecule has 0 saturated heterocycles. The Morgan fingerprint density at radius 3 is 1.94 bits per heavy atom. The van der Waals surface area contributed by atoms with Crippen molar-refractivity contribution in [3.05, 3.63) is 0 Å². The van der Waals surface area contributed by atoms with Gasteiger partial charge in [-0.15, -0.1) is 0 Å². The number of rotatable bonds is 10. The summed E-state index contributed by atoms with van der Waals surface area (Å²) in [6.07, 6.45) is 2.49. The molecule has 0 aliphatic rings. The molecule has 0 aliphatic carbocycles. The molecule has 0 atom stereocenters. The molecule has 106 valence electrons. The lowest BCUT2D eigenvalue weighted by molar-refractivity contribution is -0.138. The highest BCUT2D eigenvalue weighted by atomic mass is 32.2. The third-order valence-electron chi connectivity index (χ3n) is 2.34. The largest absolute Gasteiger partial charge is 0.481 e. The number of nitrogens with zero attached hydrogens (tertiary/aromatic N) is 1. The van der Waals surface area contributed by atoms with E-state index in [-0.39, 0.29) is 25.9 Å². The molecule has 0 fully saturated rings. The molecule has 0 radical (unpaired) electrons. The van der Waals surface area contributed by atoms with Crippen molar-refractivity contribution in [2.24, 2.45) is 0 Å². The standard InChI is InChI=1S/C10H19NO6S/c1-18(16,17)11(8-6-10(14)15)7-4-2-3-5-9(12)13/h2-8H2,1H3,(H,12,13)(H,14,15). The molecule has 0 aliphatic heterocycles. The number of hydrogen-bond donors (Lipinski definition) is 2. The Hall–Kier alpha value is -1.15. The molecule has 7 nitrogen and oxygen atoms in total. The highest BCUT2D eigenvalue weighted by molar-refractivity contribution is 7.88. The van der Waals surface area contributed by atoms with Gasteiger partial charge in [0.05, 0.1) is 12.7 Å². The fraction of sp³-hybridized carbons (Fsp3) is 0.800. The van der Waals surface area contributed by atoms with Gasteiger partial charge in [-0.2, -0.15) is 0 Å². The summed E-state index contributed by atoms with van der Waals surface area (Å²) in [5.74, 6) is -1.92. The molecule has 0 spiro atoms. The summed E-state index contributed by atoms with van der Waals surface area (Å²) in [6.45, 7) is 0.179. The van der Waals surface area contributed by atoms with Crippen LogP contribution in [0.3, 0.4) is 0 Å². The van der Waals surface area contributed by atoms with E-state index in [1.54, 1.807) is 0 Å². The molecule has 0 unspecified atom stereocenters. The molecule has 0 aromatic rings. The monoisotopic (exact) mass is 281 g/mol. The van der Waals surface area contributed by atoms with E-state index in [4.69, 9.17) is 10.2 Å². The Morgan fingerprint density at radius 1 is 0.944 bits per heavy atom. The molecule has 0 heterocycles. The second kappa shape index (κ2) is 8.04. The quantitative estimate of drug-likeness (QED) is 0.559. The van der Waals surface area contributed by atoms with Crippen LogP contribution >= 0.6 is 0 Å². The summed E-state index contributed by atoms with van der Waals surface area (Å²) in [6, 6.07) is 0. The van der Waals surface area contributed by atoms with Crippen molar-refractivity contribution in [3.63, 3.8) is 0 Å². The lowest BCUT2D eigenvalue weighted by atomic mass is 10.2. The maximum Gasteiger partial charge on any atom is 0.304 e. The Balaban J connectivity index is 4.03. The topological polar surface area (TPSA) is 112 Å². The molecule has 0 saturated carbocycles. The number of sulfonamides is 1. The van der Waals surface area contributed by atoms with E-state index in [9.17, 15) is 18.0 Å². The smallest absolute Gasteiger partial charge is 0.304 e. The second-order valence-electron chi connectivity index (χ2n) is 4.01. The minimum atomic E-state index is -3.41. The molecule has 0 rings (SSSR count). The molecule has 2 N–H and O–H groups in total. The van der Waals surface area contributed by atoms with Gasteiger partial charge in [0.25, 0.3) is 0 Å². The number of carboxylic acids is 2. The van der Waals surface area contributed by atoms with Gasteiger partial charge in [0.1, 0.15) is 0 Å². The van der Waals surface area contributed by atoms with Crippen LogP contribution in [0, 0.1) is 0 Å². The Bertz CT molecular complexity index is 378. The van der Waals surface area contributed by atoms with Crippen molar-refractivity contribution in [3.8, 4) is 0 Å². The van der Waals surface area contributed by atoms with Crippen LogP contribution < -0.4 is 0 Å². The average Bonchev–Trinajstić information content (AvgIpc) is 2.19. The molecule has 0 aromatic carbocycles. The number of aliphatic carboxylic acids is 2. The predicted octanol–water partition coefficient (Wildman–Crippen LogP) is 0.368. The van der Waals surface area contributed by atoms with Gasteiger partial charge < -0.3 is 10.2 Å². The van der Waals surface area contributed by atoms with Gasteiger partial charge in [-0.3, -0.25) is 9.59 Å². The first-order valence-corrected chi connectivity index (χ1v) is 7.47. The van der Waals surface area contributed by atoms with E-state index in [2.05, 4.69) is 0 Å². The normalized spacial score (nSPS) is 11.7. The summed E-state index contributed by atoms with van der Waals surface area (Å²) in [7, 11) is -3.41. The lowest BCUT2D eigenvalue weighted by Crippen LogP contribution is -2.33. The van der Waals surface area contributed by atoms with E-state index in [1.165, 1.54) is 0 Å². The van der Waals surface area contributed by atoms with Crippen LogP contribution in [0.15, 0.2) is 0 Å². The number of carboxylic acid groups (broad SMARTS) is 2. The Morgan fingerprint density at radius 2 is 1.50 bits per heavy atom. The van der Waals surface area contributed by atoms with E-state index < -0.39 is 22.0 Å². The third kappa shape index (κ3) is 8.94. The predicted molar refractivity (Wildman–Crippen MR) is 64.8 cm³/mol. The molecule has 0 aromatic heterocycles. The minimum Gasteiger partial charge on any atom is -0.481 e. The lowest BCUT2D eigenvalue weighted by Gasteiger charge is -2.18. The first-order valence-electron chi connectivity index (χ1n) is 5.62. The summed E-state index contributed by atoms with van der Waals surface area (Å²) in [4.78, 5) is 20.7. The maximum absolute atomic E-state index is 11.4. The summed E-state index contributed by atoms with van der Waals surface area (Å²) in [5.41, 5.74) is 0. The summed E-state index contributed by atoms with van der Waals surface area (Å²) < 4.78 is 23.8. The Labute approximate surface area is 106 Å². The van der Waals surface area contributed by atoms with Crippen molar-refractivity contribution in [2.75, 3.05) is 19.3 Å². The van der Waals surface area contributed by atoms with Crippen molar-refractivity contribution >= 4 is 22.0 Å². The first-order chi connectivity index (χ1) is 8.23. The van der Waals surface area contributed by atoms with Crippen molar-refractivity contribution in [2.45, 2.75) is 32.1 Å². The van der Waals surface area contributed by atoms with Crippen LogP contribution in [0.2, 0.25) is 0 Å². The van der Waals surface area contributed by atoms with E-state index in [1.807, 2.05) is 0 Å². The van der Waals surface area contributed by atoms with Gasteiger partial charge >= 0.3 is 11.9 Å². The zero-order valence-corrected chi connectivity index (χ0v) is 11.1. The fourth-order valence-electron chi connectivity index (χ4n) is 1.40. The third-order valence-corrected chi connectivity index (χ3v) is 3.65. The SMILES string of the molecule is CS(=O)(=O)N(CCCCCC(=O)O)CCC(=O)O. The van der Waals surface area contributed by atoms with Crippen LogP contribution in [0.5, 0.6) is 0 Å². The van der Waals surface area contributed by atoms with Gasteiger partial charge in [-0.05, 0) is 12.8 Å². The van der Waals surface area contributed by atoms with Gasteiger partial charge in [0.2, 0.25) is 10.0 Å². The first kappa shape index (κ1) is 16.9. The highest BCUT2D eigenvalue weighted by Gasteiger charge is 2.16. The molecule has 0 bridgehead atoms. The van der Waals surface area contributed by atoms with Crippen LogP contribution in [-0.2, 0) is 19.6 Å². The molecular formula is C10H19NO6S. The molecule has 8 heteroatoms. The molecule has 0 amide bonds. The zero-order valence-electron chi connectivity index (χ0n) is 10.3. The number of hydrogen-bond acceptors (Lipinski definition) is 4. The average molecular weight is 281 g/mol. The van der Waals surface area contributed by atoms with Crippen LogP contribution in [0.25, 0.3) is 0 Å². The van der Waals surface area contributed by atoms with Crippen LogP contribution in [0.4, 0.5) is 0 Å². The highest BCUT2D eigenvalue weighted by Crippen LogP contribution is 2.06. The van der Waals surface area contributed by atoms with Gasteiger partial charge in [0.15, 0.2) is 0 Å². The van der Waals surface area contributed by atoms with Gasteiger partial charge in [-0.25, -0.2) is 12.7 Å². The number of unbranched alkanes of at least 4 members (excludes halogenated alkanes) is 2. The van der Waals surface area contributed by atoms with Gasteiger partial charge in [0, 0.05) is 19.5 Å². The van der Waals surface area contributed by atoms with Crippen molar-refractivity contribution < 1.29 is 28.2 Å². The molecular weight excluding hydrogens is 262 g/mol. The maximum atomic E-state index is 11.4. The van der Waals surface area contributed by atoms with Crippen LogP contribution in [-0.4, -0.2) is 54.2 Å². The van der Waals surface area contributed by atoms with E-state index in [0.717, 1.165) is 10.6 Å². The van der Waals surface area contributed by atoms with Crippen molar-refractivity contribution in [1.29, 1.82) is 0 Å². The van der Waals surface area contributed by atoms with Crippen molar-refractivity contribution in [1.82, 2.24) is 4.31 Å². The summed E-state index contributed by atoms with van der Waals surface area (Å²) in [5, 5.41) is 16.9. The second-order valence-corrected chi connectivity index (χ2v) is 5.99.